The van der Waals surface area contributed by atoms with Gasteiger partial charge in [0, 0.05) is 18.6 Å². The van der Waals surface area contributed by atoms with E-state index in [1.54, 1.807) is 0 Å². The highest BCUT2D eigenvalue weighted by atomic mass is 16.7. The molecule has 1 saturated carbocycles. The molecular formula is C20H35NO13. The fourth-order valence-electron chi connectivity index (χ4n) is 4.77. The number of hydrogen-bond acceptors (Lipinski definition) is 14. The molecule has 1 heterocycles. The van der Waals surface area contributed by atoms with E-state index >= 15 is 0 Å². The molecule has 0 spiro atoms. The minimum atomic E-state index is -1.75. The van der Waals surface area contributed by atoms with Crippen LogP contribution in [-0.2, 0) is 9.47 Å². The van der Waals surface area contributed by atoms with Crippen molar-refractivity contribution in [2.24, 2.45) is 5.92 Å². The van der Waals surface area contributed by atoms with Crippen LogP contribution >= 0.6 is 0 Å². The first kappa shape index (κ1) is 27.8. The fraction of sp³-hybridized carbons (Fsp3) is 0.900. The molecule has 14 atom stereocenters. The molecule has 0 aromatic carbocycles. The van der Waals surface area contributed by atoms with E-state index in [4.69, 9.17) is 9.47 Å². The van der Waals surface area contributed by atoms with E-state index in [2.05, 4.69) is 5.32 Å². The first-order chi connectivity index (χ1) is 16.0. The van der Waals surface area contributed by atoms with Crippen LogP contribution in [0, 0.1) is 5.92 Å². The molecule has 1 saturated heterocycles. The van der Waals surface area contributed by atoms with Crippen molar-refractivity contribution in [2.75, 3.05) is 19.8 Å². The van der Waals surface area contributed by atoms with Gasteiger partial charge in [-0.1, -0.05) is 6.08 Å². The van der Waals surface area contributed by atoms with Crippen LogP contribution in [0.4, 0.5) is 0 Å². The smallest absolute Gasteiger partial charge is 0.187 e. The summed E-state index contributed by atoms with van der Waals surface area (Å²) in [6.45, 7) is -1.80. The van der Waals surface area contributed by atoms with Crippen LogP contribution in [0.1, 0.15) is 6.42 Å². The zero-order chi connectivity index (χ0) is 25.3. The van der Waals surface area contributed by atoms with E-state index < -0.39 is 105 Å². The molecule has 3 aliphatic rings. The molecule has 2 fully saturated rings. The maximum absolute atomic E-state index is 10.7. The first-order valence-corrected chi connectivity index (χ1v) is 11.1. The van der Waals surface area contributed by atoms with E-state index in [1.165, 1.54) is 6.08 Å². The molecule has 0 amide bonds. The van der Waals surface area contributed by atoms with Gasteiger partial charge in [0.1, 0.15) is 48.8 Å². The molecule has 2 aliphatic carbocycles. The number of aliphatic hydroxyl groups excluding tert-OH is 11. The third-order valence-electron chi connectivity index (χ3n) is 6.90. The zero-order valence-corrected chi connectivity index (χ0v) is 18.2. The molecule has 12 N–H and O–H groups in total. The molecular weight excluding hydrogens is 462 g/mol. The largest absolute Gasteiger partial charge is 0.396 e. The van der Waals surface area contributed by atoms with E-state index in [0.29, 0.717) is 0 Å². The molecule has 14 heteroatoms. The van der Waals surface area contributed by atoms with Gasteiger partial charge in [-0.05, 0) is 12.0 Å². The highest BCUT2D eigenvalue weighted by Gasteiger charge is 2.50. The van der Waals surface area contributed by atoms with Gasteiger partial charge in [-0.25, -0.2) is 0 Å². The SMILES string of the molecule is OCC1=CC(N[C@@H]2C[C@H](CO)C(O[C@H]3O[C@H](CO)[C@@H](O)[C@H](O)[C@H]3O)[C@H](O)[C@H]2O)[C@H](O)[C@@H](O)C1O. The molecule has 198 valence electrons. The normalized spacial score (nSPS) is 50.1. The van der Waals surface area contributed by atoms with Gasteiger partial charge < -0.3 is 71.0 Å². The molecule has 34 heavy (non-hydrogen) atoms. The Bertz CT molecular complexity index is 693. The molecule has 0 radical (unpaired) electrons. The van der Waals surface area contributed by atoms with Gasteiger partial charge in [0.05, 0.1) is 31.5 Å². The van der Waals surface area contributed by atoms with Gasteiger partial charge in [-0.15, -0.1) is 0 Å². The fourth-order valence-corrected chi connectivity index (χ4v) is 4.77. The lowest BCUT2D eigenvalue weighted by atomic mass is 9.78. The summed E-state index contributed by atoms with van der Waals surface area (Å²) in [6.07, 6.45) is -15.7. The number of aliphatic hydroxyl groups is 11. The van der Waals surface area contributed by atoms with Gasteiger partial charge in [0.2, 0.25) is 0 Å². The second-order valence-corrected chi connectivity index (χ2v) is 9.08. The maximum atomic E-state index is 10.7. The molecule has 0 aromatic heterocycles. The molecule has 0 aromatic rings. The molecule has 3 rings (SSSR count). The highest BCUT2D eigenvalue weighted by molar-refractivity contribution is 5.22. The third kappa shape index (κ3) is 5.30. The topological polar surface area (TPSA) is 253 Å². The second-order valence-electron chi connectivity index (χ2n) is 9.08. The van der Waals surface area contributed by atoms with Crippen molar-refractivity contribution in [2.45, 2.75) is 85.8 Å². The van der Waals surface area contributed by atoms with Crippen LogP contribution in [0.3, 0.4) is 0 Å². The van der Waals surface area contributed by atoms with Crippen LogP contribution in [-0.4, -0.2) is 155 Å². The molecule has 0 bridgehead atoms. The monoisotopic (exact) mass is 497 g/mol. The van der Waals surface area contributed by atoms with E-state index in [0.717, 1.165) is 0 Å². The number of rotatable bonds is 7. The van der Waals surface area contributed by atoms with E-state index in [-0.39, 0.29) is 12.0 Å². The minimum absolute atomic E-state index is 0.0129. The van der Waals surface area contributed by atoms with Crippen LogP contribution in [0.15, 0.2) is 11.6 Å². The summed E-state index contributed by atoms with van der Waals surface area (Å²) in [7, 11) is 0. The van der Waals surface area contributed by atoms with Crippen LogP contribution in [0.5, 0.6) is 0 Å². The Labute approximate surface area is 194 Å². The Hall–Kier alpha value is -0.820. The van der Waals surface area contributed by atoms with E-state index in [9.17, 15) is 56.2 Å². The quantitative estimate of drug-likeness (QED) is 0.146. The summed E-state index contributed by atoms with van der Waals surface area (Å²) in [5.41, 5.74) is 0.0590. The Balaban J connectivity index is 1.73. The molecule has 14 nitrogen and oxygen atoms in total. The second kappa shape index (κ2) is 11.5. The molecule has 3 unspecified atom stereocenters. The van der Waals surface area contributed by atoms with Gasteiger partial charge >= 0.3 is 0 Å². The summed E-state index contributed by atoms with van der Waals surface area (Å²) >= 11 is 0. The third-order valence-corrected chi connectivity index (χ3v) is 6.90. The predicted octanol–water partition coefficient (Wildman–Crippen LogP) is -6.75. The maximum Gasteiger partial charge on any atom is 0.187 e. The van der Waals surface area contributed by atoms with Crippen molar-refractivity contribution in [1.82, 2.24) is 5.32 Å². The standard InChI is InChI=1S/C20H35NO13/c22-3-6-1-8(12(26)15(29)11(6)25)21-9-2-7(4-23)19(17(31)13(9)27)34-20-18(32)16(30)14(28)10(5-24)33-20/h1,7-32H,2-5H2/t7-,8?,9-,10-,11?,12+,13+,14-,15+,16+,17-,18-,19?,20-/m1/s1. The highest BCUT2D eigenvalue weighted by Crippen LogP contribution is 2.33. The lowest BCUT2D eigenvalue weighted by molar-refractivity contribution is -0.328. The summed E-state index contributed by atoms with van der Waals surface area (Å²) in [5.74, 6) is -0.833. The molecule has 1 aliphatic heterocycles. The van der Waals surface area contributed by atoms with Crippen molar-refractivity contribution in [3.8, 4) is 0 Å². The van der Waals surface area contributed by atoms with Gasteiger partial charge in [0.25, 0.3) is 0 Å². The van der Waals surface area contributed by atoms with Crippen molar-refractivity contribution in [1.29, 1.82) is 0 Å². The lowest BCUT2D eigenvalue weighted by Crippen LogP contribution is -2.66. The van der Waals surface area contributed by atoms with Crippen LogP contribution in [0.2, 0.25) is 0 Å². The van der Waals surface area contributed by atoms with Gasteiger partial charge in [0.15, 0.2) is 6.29 Å². The Morgan fingerprint density at radius 3 is 2.06 bits per heavy atom. The summed E-state index contributed by atoms with van der Waals surface area (Å²) < 4.78 is 10.9. The van der Waals surface area contributed by atoms with Crippen molar-refractivity contribution in [3.05, 3.63) is 11.6 Å². The first-order valence-electron chi connectivity index (χ1n) is 11.1. The number of nitrogens with one attached hydrogen (secondary N) is 1. The summed E-state index contributed by atoms with van der Waals surface area (Å²) in [6, 6.07) is -1.94. The van der Waals surface area contributed by atoms with Crippen molar-refractivity contribution < 1.29 is 65.6 Å². The average Bonchev–Trinajstić information content (AvgIpc) is 2.83. The Kier molecular flexibility index (Phi) is 9.38. The summed E-state index contributed by atoms with van der Waals surface area (Å²) in [5, 5.41) is 113. The van der Waals surface area contributed by atoms with Gasteiger partial charge in [-0.2, -0.15) is 0 Å². The Morgan fingerprint density at radius 1 is 0.794 bits per heavy atom. The van der Waals surface area contributed by atoms with E-state index in [1.807, 2.05) is 0 Å². The van der Waals surface area contributed by atoms with Crippen LogP contribution < -0.4 is 5.32 Å². The zero-order valence-electron chi connectivity index (χ0n) is 18.2. The van der Waals surface area contributed by atoms with Crippen molar-refractivity contribution >= 4 is 0 Å². The number of hydrogen-bond donors (Lipinski definition) is 12. The van der Waals surface area contributed by atoms with Crippen molar-refractivity contribution in [3.63, 3.8) is 0 Å². The lowest BCUT2D eigenvalue weighted by Gasteiger charge is -2.47. The number of ether oxygens (including phenoxy) is 2. The average molecular weight is 497 g/mol. The van der Waals surface area contributed by atoms with Gasteiger partial charge in [-0.3, -0.25) is 0 Å². The minimum Gasteiger partial charge on any atom is -0.396 e. The van der Waals surface area contributed by atoms with Crippen LogP contribution in [0.25, 0.3) is 0 Å². The Morgan fingerprint density at radius 2 is 1.47 bits per heavy atom. The summed E-state index contributed by atoms with van der Waals surface area (Å²) in [4.78, 5) is 0. The predicted molar refractivity (Wildman–Crippen MR) is 110 cm³/mol.